The molecule has 2 aromatic carbocycles. The molecule has 1 aliphatic rings. The number of anilines is 1. The summed E-state index contributed by atoms with van der Waals surface area (Å²) in [4.78, 5) is 25.7. The number of nitrogens with zero attached hydrogens (tertiary/aromatic N) is 3. The van der Waals surface area contributed by atoms with E-state index < -0.39 is 26.9 Å². The van der Waals surface area contributed by atoms with Gasteiger partial charge in [-0.2, -0.15) is 0 Å². The Morgan fingerprint density at radius 2 is 1.76 bits per heavy atom. The molecule has 2 aromatic rings. The molecule has 1 saturated heterocycles. The van der Waals surface area contributed by atoms with Crippen LogP contribution >= 0.6 is 0 Å². The molecule has 178 valence electrons. The van der Waals surface area contributed by atoms with Gasteiger partial charge < -0.3 is 5.32 Å². The molecule has 3 rings (SSSR count). The van der Waals surface area contributed by atoms with Gasteiger partial charge in [-0.3, -0.25) is 24.1 Å². The van der Waals surface area contributed by atoms with E-state index in [1.807, 2.05) is 24.3 Å². The number of nitro benzene ring substituents is 1. The van der Waals surface area contributed by atoms with Crippen LogP contribution in [0.25, 0.3) is 0 Å². The molecule has 1 fully saturated rings. The summed E-state index contributed by atoms with van der Waals surface area (Å²) < 4.78 is 25.7. The minimum atomic E-state index is -3.86. The second-order valence-electron chi connectivity index (χ2n) is 8.38. The molecule has 0 bridgehead atoms. The van der Waals surface area contributed by atoms with Gasteiger partial charge in [0.15, 0.2) is 0 Å². The van der Waals surface area contributed by atoms with Crippen LogP contribution in [0.1, 0.15) is 37.3 Å². The summed E-state index contributed by atoms with van der Waals surface area (Å²) in [5.41, 5.74) is 1.93. The Bertz CT molecular complexity index is 1080. The lowest BCUT2D eigenvalue weighted by Gasteiger charge is -2.28. The number of carbonyl (C=O) groups excluding carboxylic acids is 1. The molecular weight excluding hydrogens is 444 g/mol. The third-order valence-corrected chi connectivity index (χ3v) is 6.97. The molecule has 9 nitrogen and oxygen atoms in total. The van der Waals surface area contributed by atoms with E-state index in [-0.39, 0.29) is 17.9 Å². The molecule has 10 heteroatoms. The highest BCUT2D eigenvalue weighted by Crippen LogP contribution is 2.25. The van der Waals surface area contributed by atoms with Gasteiger partial charge in [-0.05, 0) is 50.0 Å². The first kappa shape index (κ1) is 24.7. The Labute approximate surface area is 194 Å². The fourth-order valence-electron chi connectivity index (χ4n) is 4.03. The minimum Gasteiger partial charge on any atom is -0.350 e. The van der Waals surface area contributed by atoms with Gasteiger partial charge in [0, 0.05) is 25.2 Å². The molecule has 33 heavy (non-hydrogen) atoms. The average Bonchev–Trinajstić information content (AvgIpc) is 2.78. The zero-order valence-electron chi connectivity index (χ0n) is 18.9. The van der Waals surface area contributed by atoms with Crippen molar-refractivity contribution in [1.29, 1.82) is 0 Å². The van der Waals surface area contributed by atoms with E-state index in [0.29, 0.717) is 0 Å². The van der Waals surface area contributed by atoms with Crippen molar-refractivity contribution >= 4 is 27.3 Å². The number of rotatable bonds is 9. The Kier molecular flexibility index (Phi) is 8.04. The van der Waals surface area contributed by atoms with Crippen LogP contribution in [0.15, 0.2) is 48.5 Å². The van der Waals surface area contributed by atoms with E-state index in [4.69, 9.17) is 0 Å². The van der Waals surface area contributed by atoms with Gasteiger partial charge in [-0.25, -0.2) is 8.42 Å². The molecule has 1 heterocycles. The highest BCUT2D eigenvalue weighted by atomic mass is 32.2. The summed E-state index contributed by atoms with van der Waals surface area (Å²) in [5.74, 6) is -0.496. The van der Waals surface area contributed by atoms with Crippen molar-refractivity contribution in [2.24, 2.45) is 0 Å². The van der Waals surface area contributed by atoms with Gasteiger partial charge in [0.05, 0.1) is 16.9 Å². The number of carbonyl (C=O) groups is 1. The third-order valence-electron chi connectivity index (χ3n) is 5.73. The first-order chi connectivity index (χ1) is 15.6. The van der Waals surface area contributed by atoms with Crippen LogP contribution in [-0.4, -0.2) is 49.5 Å². The van der Waals surface area contributed by atoms with Gasteiger partial charge in [-0.15, -0.1) is 0 Å². The van der Waals surface area contributed by atoms with Crippen LogP contribution in [0.3, 0.4) is 0 Å². The summed E-state index contributed by atoms with van der Waals surface area (Å²) in [6, 6.07) is 12.2. The van der Waals surface area contributed by atoms with Crippen molar-refractivity contribution in [3.8, 4) is 0 Å². The SMILES string of the molecule is C[C@H](C(=O)NCc1ccc(CN2CCCCC2)cc1)N(c1cccc([N+](=O)[O-])c1)S(C)(=O)=O. The summed E-state index contributed by atoms with van der Waals surface area (Å²) in [7, 11) is -3.86. The van der Waals surface area contributed by atoms with Crippen molar-refractivity contribution in [3.05, 3.63) is 69.8 Å². The zero-order valence-corrected chi connectivity index (χ0v) is 19.8. The molecule has 1 atom stereocenters. The fourth-order valence-corrected chi connectivity index (χ4v) is 5.19. The molecular formula is C23H30N4O5S. The van der Waals surface area contributed by atoms with E-state index in [1.54, 1.807) is 0 Å². The number of nitrogens with one attached hydrogen (secondary N) is 1. The molecule has 0 aromatic heterocycles. The Morgan fingerprint density at radius 1 is 1.12 bits per heavy atom. The zero-order chi connectivity index (χ0) is 24.0. The lowest BCUT2D eigenvalue weighted by Crippen LogP contribution is -2.47. The molecule has 0 saturated carbocycles. The van der Waals surface area contributed by atoms with Crippen LogP contribution in [0.4, 0.5) is 11.4 Å². The Hall–Kier alpha value is -2.98. The van der Waals surface area contributed by atoms with Gasteiger partial charge in [-0.1, -0.05) is 36.8 Å². The predicted octanol–water partition coefficient (Wildman–Crippen LogP) is 3.05. The Balaban J connectivity index is 1.64. The first-order valence-corrected chi connectivity index (χ1v) is 12.8. The highest BCUT2D eigenvalue weighted by Gasteiger charge is 2.30. The van der Waals surface area contributed by atoms with Crippen molar-refractivity contribution in [2.75, 3.05) is 23.7 Å². The van der Waals surface area contributed by atoms with Crippen molar-refractivity contribution in [2.45, 2.75) is 45.3 Å². The second kappa shape index (κ2) is 10.8. The van der Waals surface area contributed by atoms with Crippen molar-refractivity contribution in [3.63, 3.8) is 0 Å². The summed E-state index contributed by atoms with van der Waals surface area (Å²) in [5, 5.41) is 13.8. The molecule has 0 unspecified atom stereocenters. The van der Waals surface area contributed by atoms with Gasteiger partial charge >= 0.3 is 0 Å². The average molecular weight is 475 g/mol. The summed E-state index contributed by atoms with van der Waals surface area (Å²) in [6.07, 6.45) is 4.74. The van der Waals surface area contributed by atoms with Crippen LogP contribution in [0.2, 0.25) is 0 Å². The van der Waals surface area contributed by atoms with E-state index in [0.717, 1.165) is 41.8 Å². The molecule has 0 radical (unpaired) electrons. The second-order valence-corrected chi connectivity index (χ2v) is 10.2. The standard InChI is InChI=1S/C23H30N4O5S/c1-18(26(33(2,31)32)21-7-6-8-22(15-21)27(29)30)23(28)24-16-19-9-11-20(12-10-19)17-25-13-4-3-5-14-25/h6-12,15,18H,3-5,13-14,16-17H2,1-2H3,(H,24,28)/t18-/m1/s1. The highest BCUT2D eigenvalue weighted by molar-refractivity contribution is 7.92. The third kappa shape index (κ3) is 6.75. The molecule has 0 aliphatic carbocycles. The van der Waals surface area contributed by atoms with E-state index in [2.05, 4.69) is 10.2 Å². The largest absolute Gasteiger partial charge is 0.350 e. The maximum Gasteiger partial charge on any atom is 0.271 e. The molecule has 1 amide bonds. The number of hydrogen-bond donors (Lipinski definition) is 1. The van der Waals surface area contributed by atoms with Crippen molar-refractivity contribution in [1.82, 2.24) is 10.2 Å². The molecule has 0 spiro atoms. The predicted molar refractivity (Wildman–Crippen MR) is 127 cm³/mol. The molecule has 1 aliphatic heterocycles. The number of sulfonamides is 1. The number of amides is 1. The Morgan fingerprint density at radius 3 is 2.36 bits per heavy atom. The smallest absolute Gasteiger partial charge is 0.271 e. The number of hydrogen-bond acceptors (Lipinski definition) is 6. The number of likely N-dealkylation sites (tertiary alicyclic amines) is 1. The minimum absolute atomic E-state index is 0.0661. The van der Waals surface area contributed by atoms with Crippen LogP contribution in [0.5, 0.6) is 0 Å². The van der Waals surface area contributed by atoms with Crippen LogP contribution < -0.4 is 9.62 Å². The normalized spacial score (nSPS) is 15.6. The monoisotopic (exact) mass is 474 g/mol. The lowest BCUT2D eigenvalue weighted by atomic mass is 10.1. The lowest BCUT2D eigenvalue weighted by molar-refractivity contribution is -0.384. The quantitative estimate of drug-likeness (QED) is 0.441. The fraction of sp³-hybridized carbons (Fsp3) is 0.435. The van der Waals surface area contributed by atoms with Crippen molar-refractivity contribution < 1.29 is 18.1 Å². The topological polar surface area (TPSA) is 113 Å². The van der Waals surface area contributed by atoms with E-state index >= 15 is 0 Å². The van der Waals surface area contributed by atoms with E-state index in [1.165, 1.54) is 49.9 Å². The molecule has 1 N–H and O–H groups in total. The van der Waals surface area contributed by atoms with Crippen LogP contribution in [-0.2, 0) is 27.9 Å². The number of nitro groups is 1. The van der Waals surface area contributed by atoms with Gasteiger partial charge in [0.25, 0.3) is 5.69 Å². The first-order valence-electron chi connectivity index (χ1n) is 11.0. The van der Waals surface area contributed by atoms with Gasteiger partial charge in [0.1, 0.15) is 6.04 Å². The number of non-ortho nitro benzene ring substituents is 1. The van der Waals surface area contributed by atoms with E-state index in [9.17, 15) is 23.3 Å². The maximum atomic E-state index is 12.8. The van der Waals surface area contributed by atoms with Crippen LogP contribution in [0, 0.1) is 10.1 Å². The number of benzene rings is 2. The summed E-state index contributed by atoms with van der Waals surface area (Å²) >= 11 is 0. The van der Waals surface area contributed by atoms with Gasteiger partial charge in [0.2, 0.25) is 15.9 Å². The maximum absolute atomic E-state index is 12.8. The number of piperidine rings is 1. The summed E-state index contributed by atoms with van der Waals surface area (Å²) in [6.45, 7) is 4.86.